The lowest BCUT2D eigenvalue weighted by atomic mass is 10.1. The number of hydrogen-bond acceptors (Lipinski definition) is 5. The third-order valence-electron chi connectivity index (χ3n) is 3.46. The van der Waals surface area contributed by atoms with Crippen LogP contribution in [0.4, 0.5) is 5.13 Å². The normalized spacial score (nSPS) is 10.4. The molecule has 0 aliphatic rings. The molecule has 0 spiro atoms. The Morgan fingerprint density at radius 2 is 2.00 bits per heavy atom. The summed E-state index contributed by atoms with van der Waals surface area (Å²) in [5.41, 5.74) is 2.11. The molecule has 3 rings (SSSR count). The molecule has 1 aromatic heterocycles. The van der Waals surface area contributed by atoms with Crippen LogP contribution in [0, 0.1) is 0 Å². The van der Waals surface area contributed by atoms with Crippen molar-refractivity contribution in [2.45, 2.75) is 13.2 Å². The third-order valence-corrected chi connectivity index (χ3v) is 4.94. The number of benzene rings is 2. The quantitative estimate of drug-likeness (QED) is 0.594. The van der Waals surface area contributed by atoms with Gasteiger partial charge < -0.3 is 14.8 Å². The zero-order valence-electron chi connectivity index (χ0n) is 13.2. The monoisotopic (exact) mass is 404 g/mol. The van der Waals surface area contributed by atoms with E-state index < -0.39 is 0 Å². The zero-order valence-corrected chi connectivity index (χ0v) is 15.6. The van der Waals surface area contributed by atoms with Crippen LogP contribution in [0.15, 0.2) is 58.5 Å². The lowest BCUT2D eigenvalue weighted by Crippen LogP contribution is -2.06. The minimum Gasteiger partial charge on any atom is -0.493 e. The molecule has 0 fully saturated rings. The van der Waals surface area contributed by atoms with Gasteiger partial charge in [0.25, 0.3) is 0 Å². The Kier molecular flexibility index (Phi) is 5.72. The average Bonchev–Trinajstić information content (AvgIpc) is 3.13. The maximum absolute atomic E-state index is 6.08. The molecule has 124 valence electrons. The van der Waals surface area contributed by atoms with E-state index in [9.17, 15) is 0 Å². The summed E-state index contributed by atoms with van der Waals surface area (Å²) >= 11 is 5.17. The number of aromatic nitrogens is 1. The van der Waals surface area contributed by atoms with Gasteiger partial charge in [0.1, 0.15) is 6.61 Å². The molecule has 24 heavy (non-hydrogen) atoms. The maximum Gasteiger partial charge on any atom is 0.182 e. The van der Waals surface area contributed by atoms with E-state index in [1.165, 1.54) is 0 Å². The van der Waals surface area contributed by atoms with Crippen molar-refractivity contribution in [2.24, 2.45) is 0 Å². The molecule has 2 aromatic carbocycles. The van der Waals surface area contributed by atoms with Gasteiger partial charge in [0.2, 0.25) is 0 Å². The van der Waals surface area contributed by atoms with Crippen LogP contribution in [0.25, 0.3) is 0 Å². The van der Waals surface area contributed by atoms with Gasteiger partial charge in [-0.2, -0.15) is 0 Å². The van der Waals surface area contributed by atoms with Crippen LogP contribution in [0.5, 0.6) is 11.5 Å². The van der Waals surface area contributed by atoms with Gasteiger partial charge in [-0.3, -0.25) is 0 Å². The molecule has 0 amide bonds. The molecule has 3 aromatic rings. The molecule has 0 aliphatic carbocycles. The first-order chi connectivity index (χ1) is 11.8. The second-order valence-electron chi connectivity index (χ2n) is 5.02. The van der Waals surface area contributed by atoms with E-state index in [1.54, 1.807) is 24.6 Å². The van der Waals surface area contributed by atoms with Crippen LogP contribution in [-0.2, 0) is 13.2 Å². The summed E-state index contributed by atoms with van der Waals surface area (Å²) in [7, 11) is 1.65. The topological polar surface area (TPSA) is 43.4 Å². The number of methoxy groups -OCH3 is 1. The smallest absolute Gasteiger partial charge is 0.182 e. The summed E-state index contributed by atoms with van der Waals surface area (Å²) in [6, 6.07) is 13.9. The highest BCUT2D eigenvalue weighted by atomic mass is 79.9. The van der Waals surface area contributed by atoms with Crippen molar-refractivity contribution in [1.29, 1.82) is 0 Å². The van der Waals surface area contributed by atoms with Gasteiger partial charge in [-0.25, -0.2) is 4.98 Å². The third kappa shape index (κ3) is 4.07. The van der Waals surface area contributed by atoms with E-state index in [2.05, 4.69) is 26.2 Å². The Hall–Kier alpha value is -2.05. The lowest BCUT2D eigenvalue weighted by Gasteiger charge is -2.17. The molecule has 1 heterocycles. The molecule has 0 unspecified atom stereocenters. The molecule has 0 saturated carbocycles. The second kappa shape index (κ2) is 8.17. The number of anilines is 1. The number of nitrogens with zero attached hydrogens (tertiary/aromatic N) is 1. The Morgan fingerprint density at radius 1 is 1.17 bits per heavy atom. The van der Waals surface area contributed by atoms with Crippen molar-refractivity contribution in [3.63, 3.8) is 0 Å². The second-order valence-corrected chi connectivity index (χ2v) is 6.77. The number of nitrogens with one attached hydrogen (secondary N) is 1. The first-order valence-electron chi connectivity index (χ1n) is 7.43. The maximum atomic E-state index is 6.08. The SMILES string of the molecule is COc1ccc(Br)c(CNc2nccs2)c1OCc1ccccc1. The van der Waals surface area contributed by atoms with Crippen LogP contribution in [-0.4, -0.2) is 12.1 Å². The molecule has 0 radical (unpaired) electrons. The lowest BCUT2D eigenvalue weighted by molar-refractivity contribution is 0.281. The highest BCUT2D eigenvalue weighted by molar-refractivity contribution is 9.10. The Bertz CT molecular complexity index is 779. The van der Waals surface area contributed by atoms with E-state index >= 15 is 0 Å². The number of thiazole rings is 1. The Balaban J connectivity index is 1.82. The van der Waals surface area contributed by atoms with Gasteiger partial charge in [-0.15, -0.1) is 11.3 Å². The zero-order chi connectivity index (χ0) is 16.8. The van der Waals surface area contributed by atoms with Crippen molar-refractivity contribution in [2.75, 3.05) is 12.4 Å². The fraction of sp³-hybridized carbons (Fsp3) is 0.167. The van der Waals surface area contributed by atoms with Crippen molar-refractivity contribution in [3.05, 3.63) is 69.6 Å². The van der Waals surface area contributed by atoms with Crippen LogP contribution in [0.3, 0.4) is 0 Å². The summed E-state index contributed by atoms with van der Waals surface area (Å²) in [6.07, 6.45) is 1.78. The van der Waals surface area contributed by atoms with Gasteiger partial charge in [0.05, 0.1) is 7.11 Å². The van der Waals surface area contributed by atoms with Crippen molar-refractivity contribution in [1.82, 2.24) is 4.98 Å². The summed E-state index contributed by atoms with van der Waals surface area (Å²) in [5.74, 6) is 1.45. The van der Waals surface area contributed by atoms with E-state index in [0.29, 0.717) is 18.9 Å². The summed E-state index contributed by atoms with van der Waals surface area (Å²) in [4.78, 5) is 4.25. The summed E-state index contributed by atoms with van der Waals surface area (Å²) in [6.45, 7) is 1.08. The van der Waals surface area contributed by atoms with Gasteiger partial charge in [-0.1, -0.05) is 46.3 Å². The highest BCUT2D eigenvalue weighted by Crippen LogP contribution is 2.37. The van der Waals surface area contributed by atoms with Gasteiger partial charge in [0, 0.05) is 28.2 Å². The van der Waals surface area contributed by atoms with E-state index in [4.69, 9.17) is 9.47 Å². The first kappa shape index (κ1) is 16.8. The Morgan fingerprint density at radius 3 is 2.71 bits per heavy atom. The first-order valence-corrected chi connectivity index (χ1v) is 9.10. The molecule has 0 saturated heterocycles. The summed E-state index contributed by atoms with van der Waals surface area (Å²) in [5, 5.41) is 6.13. The van der Waals surface area contributed by atoms with Crippen LogP contribution in [0.1, 0.15) is 11.1 Å². The minimum absolute atomic E-state index is 0.484. The number of halogens is 1. The van der Waals surface area contributed by atoms with Crippen LogP contribution >= 0.6 is 27.3 Å². The molecule has 4 nitrogen and oxygen atoms in total. The van der Waals surface area contributed by atoms with Crippen molar-refractivity contribution >= 4 is 32.4 Å². The number of ether oxygens (including phenoxy) is 2. The number of rotatable bonds is 7. The minimum atomic E-state index is 0.484. The standard InChI is InChI=1S/C18H17BrN2O2S/c1-22-16-8-7-15(19)14(11-21-18-20-9-10-24-18)17(16)23-12-13-5-3-2-4-6-13/h2-10H,11-12H2,1H3,(H,20,21). The number of hydrogen-bond donors (Lipinski definition) is 1. The van der Waals surface area contributed by atoms with E-state index in [-0.39, 0.29) is 0 Å². The molecular weight excluding hydrogens is 388 g/mol. The molecule has 6 heteroatoms. The predicted octanol–water partition coefficient (Wildman–Crippen LogP) is 5.11. The molecule has 1 N–H and O–H groups in total. The van der Waals surface area contributed by atoms with Crippen molar-refractivity contribution < 1.29 is 9.47 Å². The largest absolute Gasteiger partial charge is 0.493 e. The van der Waals surface area contributed by atoms with Crippen molar-refractivity contribution in [3.8, 4) is 11.5 Å². The molecular formula is C18H17BrN2O2S. The predicted molar refractivity (Wildman–Crippen MR) is 101 cm³/mol. The van der Waals surface area contributed by atoms with Crippen LogP contribution < -0.4 is 14.8 Å². The fourth-order valence-electron chi connectivity index (χ4n) is 2.27. The van der Waals surface area contributed by atoms with Crippen LogP contribution in [0.2, 0.25) is 0 Å². The highest BCUT2D eigenvalue weighted by Gasteiger charge is 2.15. The van der Waals surface area contributed by atoms with Gasteiger partial charge in [-0.05, 0) is 17.7 Å². The molecule has 0 bridgehead atoms. The van der Waals surface area contributed by atoms with E-state index in [0.717, 1.165) is 26.5 Å². The summed E-state index contributed by atoms with van der Waals surface area (Å²) < 4.78 is 12.5. The fourth-order valence-corrected chi connectivity index (χ4v) is 3.25. The van der Waals surface area contributed by atoms with Gasteiger partial charge >= 0.3 is 0 Å². The van der Waals surface area contributed by atoms with Gasteiger partial charge in [0.15, 0.2) is 16.6 Å². The molecule has 0 atom stereocenters. The van der Waals surface area contributed by atoms with E-state index in [1.807, 2.05) is 47.8 Å². The average molecular weight is 405 g/mol. The molecule has 0 aliphatic heterocycles. The Labute approximate surface area is 153 Å².